The standard InChI is InChI=1S/C16H14FN5OS/c17-10-4-1-2-5-11(10)22-7-3-6-12(16(22)23)24-15-13-14(19-8-18-13)20-9-21-15/h1-2,4-5,8-9,12H,3,6-7H2,(H,18,19,20,21). The first-order valence-electron chi connectivity index (χ1n) is 7.60. The maximum absolute atomic E-state index is 14.0. The molecule has 1 amide bonds. The lowest BCUT2D eigenvalue weighted by Gasteiger charge is -2.32. The molecule has 3 heterocycles. The highest BCUT2D eigenvalue weighted by molar-refractivity contribution is 8.00. The molecule has 1 aliphatic heterocycles. The van der Waals surface area contributed by atoms with Crippen LogP contribution in [0.4, 0.5) is 10.1 Å². The molecule has 2 aromatic heterocycles. The average Bonchev–Trinajstić information content (AvgIpc) is 3.07. The topological polar surface area (TPSA) is 74.8 Å². The lowest BCUT2D eigenvalue weighted by Crippen LogP contribution is -2.43. The van der Waals surface area contributed by atoms with Crippen LogP contribution in [0.5, 0.6) is 0 Å². The quantitative estimate of drug-likeness (QED) is 0.740. The van der Waals surface area contributed by atoms with Crippen molar-refractivity contribution < 1.29 is 9.18 Å². The van der Waals surface area contributed by atoms with Crippen LogP contribution in [0.15, 0.2) is 41.9 Å². The Morgan fingerprint density at radius 2 is 2.12 bits per heavy atom. The Labute approximate surface area is 141 Å². The molecule has 0 aliphatic carbocycles. The van der Waals surface area contributed by atoms with Crippen molar-refractivity contribution in [3.8, 4) is 0 Å². The minimum Gasteiger partial charge on any atom is -0.341 e. The molecule has 1 fully saturated rings. The van der Waals surface area contributed by atoms with E-state index in [1.807, 2.05) is 0 Å². The fourth-order valence-electron chi connectivity index (χ4n) is 2.83. The number of carbonyl (C=O) groups is 1. The predicted molar refractivity (Wildman–Crippen MR) is 89.3 cm³/mol. The van der Waals surface area contributed by atoms with Crippen LogP contribution >= 0.6 is 11.8 Å². The lowest BCUT2D eigenvalue weighted by molar-refractivity contribution is -0.119. The van der Waals surface area contributed by atoms with Crippen molar-refractivity contribution in [2.45, 2.75) is 23.1 Å². The number of nitrogens with one attached hydrogen (secondary N) is 1. The van der Waals surface area contributed by atoms with Gasteiger partial charge < -0.3 is 9.88 Å². The van der Waals surface area contributed by atoms with Gasteiger partial charge in [0.15, 0.2) is 5.65 Å². The number of H-pyrrole nitrogens is 1. The second-order valence-electron chi connectivity index (χ2n) is 5.47. The molecule has 24 heavy (non-hydrogen) atoms. The number of nitrogens with zero attached hydrogens (tertiary/aromatic N) is 4. The number of thioether (sulfide) groups is 1. The molecule has 1 N–H and O–H groups in total. The Bertz CT molecular complexity index is 899. The number of para-hydroxylation sites is 1. The molecular weight excluding hydrogens is 329 g/mol. The van der Waals surface area contributed by atoms with Gasteiger partial charge in [0, 0.05) is 6.54 Å². The second kappa shape index (κ2) is 6.20. The van der Waals surface area contributed by atoms with E-state index in [0.717, 1.165) is 18.4 Å². The van der Waals surface area contributed by atoms with Crippen molar-refractivity contribution in [2.24, 2.45) is 0 Å². The number of rotatable bonds is 3. The molecule has 8 heteroatoms. The fraction of sp³-hybridized carbons (Fsp3) is 0.250. The monoisotopic (exact) mass is 343 g/mol. The predicted octanol–water partition coefficient (Wildman–Crippen LogP) is 2.78. The number of hydrogen-bond acceptors (Lipinski definition) is 5. The van der Waals surface area contributed by atoms with E-state index in [1.165, 1.54) is 29.1 Å². The van der Waals surface area contributed by atoms with E-state index in [-0.39, 0.29) is 17.0 Å². The number of aromatic nitrogens is 4. The number of fused-ring (bicyclic) bond motifs is 1. The Balaban J connectivity index is 1.61. The van der Waals surface area contributed by atoms with Crippen molar-refractivity contribution in [3.63, 3.8) is 0 Å². The van der Waals surface area contributed by atoms with Crippen LogP contribution in [0, 0.1) is 5.82 Å². The molecule has 4 rings (SSSR count). The second-order valence-corrected chi connectivity index (χ2v) is 6.66. The summed E-state index contributed by atoms with van der Waals surface area (Å²) in [7, 11) is 0. The van der Waals surface area contributed by atoms with Crippen LogP contribution in [-0.2, 0) is 4.79 Å². The first-order chi connectivity index (χ1) is 11.7. The largest absolute Gasteiger partial charge is 0.341 e. The van der Waals surface area contributed by atoms with Gasteiger partial charge in [0.2, 0.25) is 5.91 Å². The number of piperidine rings is 1. The third-order valence-electron chi connectivity index (χ3n) is 3.97. The summed E-state index contributed by atoms with van der Waals surface area (Å²) in [6.45, 7) is 0.528. The van der Waals surface area contributed by atoms with Crippen molar-refractivity contribution in [1.29, 1.82) is 0 Å². The van der Waals surface area contributed by atoms with Crippen LogP contribution in [-0.4, -0.2) is 37.6 Å². The van der Waals surface area contributed by atoms with E-state index in [4.69, 9.17) is 0 Å². The molecular formula is C16H14FN5OS. The van der Waals surface area contributed by atoms with Crippen molar-refractivity contribution in [1.82, 2.24) is 19.9 Å². The van der Waals surface area contributed by atoms with E-state index in [2.05, 4.69) is 19.9 Å². The van der Waals surface area contributed by atoms with E-state index in [0.29, 0.717) is 22.9 Å². The molecule has 1 unspecified atom stereocenters. The molecule has 1 saturated heterocycles. The Hall–Kier alpha value is -2.48. The molecule has 0 radical (unpaired) electrons. The fourth-order valence-corrected chi connectivity index (χ4v) is 3.99. The summed E-state index contributed by atoms with van der Waals surface area (Å²) in [5.41, 5.74) is 1.63. The zero-order valence-corrected chi connectivity index (χ0v) is 13.5. The number of amides is 1. The number of benzene rings is 1. The lowest BCUT2D eigenvalue weighted by atomic mass is 10.1. The Morgan fingerprint density at radius 3 is 3.00 bits per heavy atom. The number of anilines is 1. The van der Waals surface area contributed by atoms with Crippen molar-refractivity contribution in [2.75, 3.05) is 11.4 Å². The van der Waals surface area contributed by atoms with Gasteiger partial charge in [-0.25, -0.2) is 19.3 Å². The SMILES string of the molecule is O=C1C(Sc2ncnc3nc[nH]c23)CCCN1c1ccccc1F. The minimum atomic E-state index is -0.380. The van der Waals surface area contributed by atoms with Gasteiger partial charge in [-0.05, 0) is 25.0 Å². The van der Waals surface area contributed by atoms with Crippen molar-refractivity contribution in [3.05, 3.63) is 42.7 Å². The highest BCUT2D eigenvalue weighted by Crippen LogP contribution is 2.34. The summed E-state index contributed by atoms with van der Waals surface area (Å²) in [6.07, 6.45) is 4.54. The van der Waals surface area contributed by atoms with Gasteiger partial charge in [0.1, 0.15) is 22.7 Å². The number of aromatic amines is 1. The molecule has 3 aromatic rings. The molecule has 6 nitrogen and oxygen atoms in total. The van der Waals surface area contributed by atoms with Crippen LogP contribution in [0.25, 0.3) is 11.2 Å². The van der Waals surface area contributed by atoms with Gasteiger partial charge in [-0.3, -0.25) is 4.79 Å². The number of carbonyl (C=O) groups excluding carboxylic acids is 1. The van der Waals surface area contributed by atoms with Gasteiger partial charge in [-0.1, -0.05) is 23.9 Å². The average molecular weight is 343 g/mol. The summed E-state index contributed by atoms with van der Waals surface area (Å²) < 4.78 is 14.0. The summed E-state index contributed by atoms with van der Waals surface area (Å²) in [5, 5.41) is 0.381. The number of halogens is 1. The van der Waals surface area contributed by atoms with Gasteiger partial charge in [-0.2, -0.15) is 0 Å². The maximum atomic E-state index is 14.0. The molecule has 1 atom stereocenters. The molecule has 0 saturated carbocycles. The van der Waals surface area contributed by atoms with E-state index >= 15 is 0 Å². The molecule has 0 spiro atoms. The molecule has 0 bridgehead atoms. The van der Waals surface area contributed by atoms with Crippen LogP contribution in [0.3, 0.4) is 0 Å². The molecule has 122 valence electrons. The van der Waals surface area contributed by atoms with Crippen LogP contribution in [0.1, 0.15) is 12.8 Å². The zero-order chi connectivity index (χ0) is 16.5. The third kappa shape index (κ3) is 2.62. The Kier molecular flexibility index (Phi) is 3.89. The first kappa shape index (κ1) is 15.1. The third-order valence-corrected chi connectivity index (χ3v) is 5.23. The normalized spacial score (nSPS) is 18.3. The molecule has 1 aromatic carbocycles. The summed E-state index contributed by atoms with van der Waals surface area (Å²) >= 11 is 1.38. The van der Waals surface area contributed by atoms with Gasteiger partial charge in [0.25, 0.3) is 0 Å². The van der Waals surface area contributed by atoms with Gasteiger partial charge >= 0.3 is 0 Å². The van der Waals surface area contributed by atoms with Gasteiger partial charge in [0.05, 0.1) is 17.3 Å². The first-order valence-corrected chi connectivity index (χ1v) is 8.48. The van der Waals surface area contributed by atoms with E-state index < -0.39 is 0 Å². The van der Waals surface area contributed by atoms with Crippen LogP contribution in [0.2, 0.25) is 0 Å². The molecule has 1 aliphatic rings. The minimum absolute atomic E-state index is 0.0948. The summed E-state index contributed by atoms with van der Waals surface area (Å²) in [6, 6.07) is 6.37. The van der Waals surface area contributed by atoms with Gasteiger partial charge in [-0.15, -0.1) is 0 Å². The van der Waals surface area contributed by atoms with E-state index in [1.54, 1.807) is 24.5 Å². The maximum Gasteiger partial charge on any atom is 0.240 e. The Morgan fingerprint density at radius 1 is 1.25 bits per heavy atom. The summed E-state index contributed by atoms with van der Waals surface area (Å²) in [5.74, 6) is -0.475. The van der Waals surface area contributed by atoms with Crippen LogP contribution < -0.4 is 4.90 Å². The zero-order valence-electron chi connectivity index (χ0n) is 12.6. The van der Waals surface area contributed by atoms with Crippen molar-refractivity contribution >= 4 is 34.5 Å². The highest BCUT2D eigenvalue weighted by Gasteiger charge is 2.32. The number of imidazole rings is 1. The van der Waals surface area contributed by atoms with E-state index in [9.17, 15) is 9.18 Å². The number of hydrogen-bond donors (Lipinski definition) is 1. The summed E-state index contributed by atoms with van der Waals surface area (Å²) in [4.78, 5) is 29.8. The highest BCUT2D eigenvalue weighted by atomic mass is 32.2. The smallest absolute Gasteiger partial charge is 0.240 e.